The van der Waals surface area contributed by atoms with Gasteiger partial charge in [-0.2, -0.15) is 18.3 Å². The van der Waals surface area contributed by atoms with E-state index in [-0.39, 0.29) is 6.42 Å². The van der Waals surface area contributed by atoms with Crippen molar-refractivity contribution in [3.8, 4) is 0 Å². The van der Waals surface area contributed by atoms with Crippen LogP contribution < -0.4 is 5.32 Å². The molecule has 106 valence electrons. The second-order valence-corrected chi connectivity index (χ2v) is 4.70. The van der Waals surface area contributed by atoms with Gasteiger partial charge in [0.25, 0.3) is 0 Å². The monoisotopic (exact) mass is 285 g/mol. The van der Waals surface area contributed by atoms with E-state index < -0.39 is 24.1 Å². The predicted molar refractivity (Wildman–Crippen MR) is 64.7 cm³/mol. The molecule has 2 atom stereocenters. The number of anilines is 1. The van der Waals surface area contributed by atoms with Crippen LogP contribution in [0.2, 0.25) is 0 Å². The molecule has 3 rings (SSSR count). The lowest BCUT2D eigenvalue weighted by atomic mass is 9.97. The number of fused-ring (bicyclic) bond motifs is 1. The van der Waals surface area contributed by atoms with Gasteiger partial charge in [0.2, 0.25) is 0 Å². The summed E-state index contributed by atoms with van der Waals surface area (Å²) in [7, 11) is 0. The van der Waals surface area contributed by atoms with Gasteiger partial charge in [-0.15, -0.1) is 0 Å². The smallest absolute Gasteiger partial charge is 0.363 e. The molecule has 0 fully saturated rings. The summed E-state index contributed by atoms with van der Waals surface area (Å²) in [4.78, 5) is 0. The van der Waals surface area contributed by atoms with E-state index in [4.69, 9.17) is 0 Å². The maximum Gasteiger partial charge on any atom is 0.410 e. The standard InChI is InChI=1S/C13H11F4N3/c14-9-3-1-8(2-4-9)10-7-11(13(15,16)17)20-12(19-10)5-6-18-20/h1-6,10-11,19H,7H2. The second kappa shape index (κ2) is 4.50. The zero-order valence-electron chi connectivity index (χ0n) is 10.2. The van der Waals surface area contributed by atoms with Crippen molar-refractivity contribution < 1.29 is 17.6 Å². The molecule has 0 bridgehead atoms. The highest BCUT2D eigenvalue weighted by atomic mass is 19.4. The molecule has 2 aromatic rings. The molecular formula is C13H11F4N3. The SMILES string of the molecule is Fc1ccc(C2CC(C(F)(F)F)n3nccc3N2)cc1. The minimum Gasteiger partial charge on any atom is -0.363 e. The summed E-state index contributed by atoms with van der Waals surface area (Å²) in [5, 5.41) is 6.71. The molecule has 2 unspecified atom stereocenters. The molecule has 0 saturated heterocycles. The van der Waals surface area contributed by atoms with Crippen LogP contribution in [0.15, 0.2) is 36.5 Å². The third-order valence-electron chi connectivity index (χ3n) is 3.40. The summed E-state index contributed by atoms with van der Waals surface area (Å²) >= 11 is 0. The summed E-state index contributed by atoms with van der Waals surface area (Å²) in [6.45, 7) is 0. The molecule has 1 aliphatic rings. The van der Waals surface area contributed by atoms with Gasteiger partial charge in [-0.3, -0.25) is 0 Å². The van der Waals surface area contributed by atoms with Gasteiger partial charge in [0, 0.05) is 12.5 Å². The van der Waals surface area contributed by atoms with Crippen LogP contribution in [-0.2, 0) is 0 Å². The van der Waals surface area contributed by atoms with Crippen LogP contribution in [0.5, 0.6) is 0 Å². The molecule has 0 spiro atoms. The fourth-order valence-corrected chi connectivity index (χ4v) is 2.42. The van der Waals surface area contributed by atoms with Crippen LogP contribution in [-0.4, -0.2) is 16.0 Å². The van der Waals surface area contributed by atoms with Crippen LogP contribution in [0.3, 0.4) is 0 Å². The predicted octanol–water partition coefficient (Wildman–Crippen LogP) is 3.68. The Balaban J connectivity index is 1.95. The zero-order chi connectivity index (χ0) is 14.3. The van der Waals surface area contributed by atoms with Crippen molar-refractivity contribution >= 4 is 5.82 Å². The molecule has 1 aliphatic heterocycles. The second-order valence-electron chi connectivity index (χ2n) is 4.70. The largest absolute Gasteiger partial charge is 0.410 e. The van der Waals surface area contributed by atoms with Crippen LogP contribution in [0, 0.1) is 5.82 Å². The maximum atomic E-state index is 13.1. The van der Waals surface area contributed by atoms with Gasteiger partial charge in [0.15, 0.2) is 6.04 Å². The molecule has 1 aromatic heterocycles. The molecule has 0 saturated carbocycles. The lowest BCUT2D eigenvalue weighted by Crippen LogP contribution is -2.35. The van der Waals surface area contributed by atoms with E-state index in [0.29, 0.717) is 11.4 Å². The Morgan fingerprint density at radius 3 is 2.50 bits per heavy atom. The average Bonchev–Trinajstić information content (AvgIpc) is 2.85. The summed E-state index contributed by atoms with van der Waals surface area (Å²) in [5.74, 6) is -0.102. The number of hydrogen-bond donors (Lipinski definition) is 1. The van der Waals surface area contributed by atoms with Gasteiger partial charge in [-0.25, -0.2) is 9.07 Å². The highest BCUT2D eigenvalue weighted by molar-refractivity contribution is 5.41. The molecule has 20 heavy (non-hydrogen) atoms. The summed E-state index contributed by atoms with van der Waals surface area (Å²) in [5.41, 5.74) is 0.619. The maximum absolute atomic E-state index is 13.1. The Kier molecular flexibility index (Phi) is 2.92. The van der Waals surface area contributed by atoms with E-state index in [0.717, 1.165) is 4.68 Å². The van der Waals surface area contributed by atoms with Gasteiger partial charge in [-0.05, 0) is 17.7 Å². The van der Waals surface area contributed by atoms with Crippen LogP contribution in [0.1, 0.15) is 24.1 Å². The lowest BCUT2D eigenvalue weighted by molar-refractivity contribution is -0.173. The minimum atomic E-state index is -4.37. The van der Waals surface area contributed by atoms with E-state index >= 15 is 0 Å². The van der Waals surface area contributed by atoms with E-state index in [1.54, 1.807) is 0 Å². The van der Waals surface area contributed by atoms with Crippen molar-refractivity contribution in [1.82, 2.24) is 9.78 Å². The van der Waals surface area contributed by atoms with Crippen molar-refractivity contribution in [2.45, 2.75) is 24.7 Å². The first kappa shape index (κ1) is 13.0. The summed E-state index contributed by atoms with van der Waals surface area (Å²) < 4.78 is 53.1. The molecule has 1 aromatic carbocycles. The molecule has 2 heterocycles. The van der Waals surface area contributed by atoms with Crippen LogP contribution >= 0.6 is 0 Å². The number of rotatable bonds is 1. The van der Waals surface area contributed by atoms with Gasteiger partial charge in [-0.1, -0.05) is 12.1 Å². The zero-order valence-corrected chi connectivity index (χ0v) is 10.2. The number of hydrogen-bond acceptors (Lipinski definition) is 2. The van der Waals surface area contributed by atoms with Gasteiger partial charge in [0.05, 0.1) is 12.2 Å². The van der Waals surface area contributed by atoms with Crippen molar-refractivity contribution in [3.05, 3.63) is 47.9 Å². The van der Waals surface area contributed by atoms with Crippen molar-refractivity contribution in [1.29, 1.82) is 0 Å². The first-order valence-electron chi connectivity index (χ1n) is 6.07. The van der Waals surface area contributed by atoms with Crippen LogP contribution in [0.4, 0.5) is 23.4 Å². The molecule has 1 N–H and O–H groups in total. The number of aromatic nitrogens is 2. The van der Waals surface area contributed by atoms with Crippen molar-refractivity contribution in [2.75, 3.05) is 5.32 Å². The molecule has 0 amide bonds. The van der Waals surface area contributed by atoms with E-state index in [9.17, 15) is 17.6 Å². The Morgan fingerprint density at radius 1 is 1.15 bits per heavy atom. The van der Waals surface area contributed by atoms with Crippen LogP contribution in [0.25, 0.3) is 0 Å². The Morgan fingerprint density at radius 2 is 1.85 bits per heavy atom. The van der Waals surface area contributed by atoms with Crippen molar-refractivity contribution in [3.63, 3.8) is 0 Å². The summed E-state index contributed by atoms with van der Waals surface area (Å²) in [6.07, 6.45) is -3.22. The highest BCUT2D eigenvalue weighted by Gasteiger charge is 2.46. The normalized spacial score (nSPS) is 22.2. The molecule has 3 nitrogen and oxygen atoms in total. The Bertz CT molecular complexity index is 603. The highest BCUT2D eigenvalue weighted by Crippen LogP contribution is 2.43. The Hall–Kier alpha value is -2.05. The lowest BCUT2D eigenvalue weighted by Gasteiger charge is -2.33. The average molecular weight is 285 g/mol. The molecule has 0 radical (unpaired) electrons. The molecular weight excluding hydrogens is 274 g/mol. The third-order valence-corrected chi connectivity index (χ3v) is 3.40. The minimum absolute atomic E-state index is 0.177. The van der Waals surface area contributed by atoms with E-state index in [2.05, 4.69) is 10.4 Å². The number of nitrogens with zero attached hydrogens (tertiary/aromatic N) is 2. The van der Waals surface area contributed by atoms with Crippen molar-refractivity contribution in [2.24, 2.45) is 0 Å². The van der Waals surface area contributed by atoms with Gasteiger partial charge < -0.3 is 5.32 Å². The topological polar surface area (TPSA) is 29.9 Å². The van der Waals surface area contributed by atoms with Gasteiger partial charge >= 0.3 is 6.18 Å². The molecule has 0 aliphatic carbocycles. The fraction of sp³-hybridized carbons (Fsp3) is 0.308. The number of alkyl halides is 3. The van der Waals surface area contributed by atoms with E-state index in [1.165, 1.54) is 36.5 Å². The number of halogens is 4. The quantitative estimate of drug-likeness (QED) is 0.810. The molecule has 7 heteroatoms. The number of benzene rings is 1. The fourth-order valence-electron chi connectivity index (χ4n) is 2.42. The van der Waals surface area contributed by atoms with Gasteiger partial charge in [0.1, 0.15) is 11.6 Å². The Labute approximate surface area is 112 Å². The first-order chi connectivity index (χ1) is 9.45. The van der Waals surface area contributed by atoms with E-state index in [1.807, 2.05) is 0 Å². The number of nitrogens with one attached hydrogen (secondary N) is 1. The summed E-state index contributed by atoms with van der Waals surface area (Å²) in [6, 6.07) is 4.76. The first-order valence-corrected chi connectivity index (χ1v) is 6.07. The third kappa shape index (κ3) is 2.23.